The molecule has 0 atom stereocenters. The number of aromatic nitrogens is 1. The Bertz CT molecular complexity index is 565. The Morgan fingerprint density at radius 2 is 2.04 bits per heavy atom. The summed E-state index contributed by atoms with van der Waals surface area (Å²) in [6, 6.07) is 0.811. The molecule has 1 fully saturated rings. The normalized spacial score (nSPS) is 16.3. The van der Waals surface area contributed by atoms with E-state index in [1.54, 1.807) is 13.0 Å². The molecule has 1 aromatic rings. The maximum absolute atomic E-state index is 12.1. The van der Waals surface area contributed by atoms with Gasteiger partial charge in [-0.25, -0.2) is 4.79 Å². The number of carbonyl (C=O) groups is 2. The summed E-state index contributed by atoms with van der Waals surface area (Å²) in [7, 11) is 0. The van der Waals surface area contributed by atoms with Crippen LogP contribution in [0.2, 0.25) is 0 Å². The number of nitrogens with one attached hydrogen (secondary N) is 2. The van der Waals surface area contributed by atoms with E-state index in [1.165, 1.54) is 4.90 Å². The Labute approximate surface area is 130 Å². The van der Waals surface area contributed by atoms with Crippen LogP contribution in [0.1, 0.15) is 18.6 Å². The van der Waals surface area contributed by atoms with E-state index in [0.717, 1.165) is 0 Å². The quantitative estimate of drug-likeness (QED) is 0.884. The molecule has 0 unspecified atom stereocenters. The minimum atomic E-state index is -4.44. The molecule has 0 saturated carbocycles. The number of halogens is 3. The summed E-state index contributed by atoms with van der Waals surface area (Å²) in [4.78, 5) is 24.9. The molecule has 10 heteroatoms. The number of nitrogens with zero attached hydrogens (tertiary/aromatic N) is 2. The number of anilines is 1. The summed E-state index contributed by atoms with van der Waals surface area (Å²) < 4.78 is 41.0. The summed E-state index contributed by atoms with van der Waals surface area (Å²) in [5, 5.41) is 8.08. The number of rotatable bonds is 3. The Morgan fingerprint density at radius 3 is 2.57 bits per heavy atom. The average molecular weight is 334 g/mol. The molecular weight excluding hydrogens is 317 g/mol. The Morgan fingerprint density at radius 1 is 1.39 bits per heavy atom. The molecule has 0 aromatic carbocycles. The predicted molar refractivity (Wildman–Crippen MR) is 73.6 cm³/mol. The summed E-state index contributed by atoms with van der Waals surface area (Å²) in [5.74, 6) is 0.321. The van der Waals surface area contributed by atoms with Crippen LogP contribution in [0.5, 0.6) is 0 Å². The molecular formula is C13H17F3N4O3. The topological polar surface area (TPSA) is 87.5 Å². The van der Waals surface area contributed by atoms with Crippen molar-refractivity contribution in [1.29, 1.82) is 0 Å². The van der Waals surface area contributed by atoms with Crippen molar-refractivity contribution in [3.05, 3.63) is 11.8 Å². The van der Waals surface area contributed by atoms with Crippen molar-refractivity contribution in [2.24, 2.45) is 5.92 Å². The van der Waals surface area contributed by atoms with Crippen LogP contribution in [-0.2, 0) is 4.79 Å². The van der Waals surface area contributed by atoms with Crippen LogP contribution in [0.25, 0.3) is 0 Å². The Kier molecular flexibility index (Phi) is 5.12. The molecule has 0 aliphatic carbocycles. The van der Waals surface area contributed by atoms with Gasteiger partial charge in [0.25, 0.3) is 0 Å². The number of urea groups is 1. The van der Waals surface area contributed by atoms with Crippen LogP contribution in [0.3, 0.4) is 0 Å². The smallest absolute Gasteiger partial charge is 0.360 e. The molecule has 0 spiro atoms. The minimum absolute atomic E-state index is 0.222. The fourth-order valence-electron chi connectivity index (χ4n) is 2.29. The van der Waals surface area contributed by atoms with E-state index in [4.69, 9.17) is 4.52 Å². The van der Waals surface area contributed by atoms with Gasteiger partial charge in [0.1, 0.15) is 12.3 Å². The van der Waals surface area contributed by atoms with Crippen molar-refractivity contribution in [3.63, 3.8) is 0 Å². The number of hydrogen-bond donors (Lipinski definition) is 2. The zero-order chi connectivity index (χ0) is 17.0. The SMILES string of the molecule is Cc1cc(NC(=O)C2CCN(C(=O)NCC(F)(F)F)CC2)no1. The second-order valence-corrected chi connectivity index (χ2v) is 5.35. The molecule has 1 aliphatic heterocycles. The molecule has 128 valence electrons. The number of carbonyl (C=O) groups excluding carboxylic acids is 2. The van der Waals surface area contributed by atoms with E-state index >= 15 is 0 Å². The van der Waals surface area contributed by atoms with E-state index in [0.29, 0.717) is 24.4 Å². The van der Waals surface area contributed by atoms with Gasteiger partial charge in [-0.3, -0.25) is 4.79 Å². The van der Waals surface area contributed by atoms with Gasteiger partial charge in [0.05, 0.1) is 0 Å². The van der Waals surface area contributed by atoms with Crippen molar-refractivity contribution >= 4 is 17.8 Å². The van der Waals surface area contributed by atoms with E-state index < -0.39 is 18.8 Å². The summed E-state index contributed by atoms with van der Waals surface area (Å²) in [5.41, 5.74) is 0. The van der Waals surface area contributed by atoms with Gasteiger partial charge < -0.3 is 20.1 Å². The highest BCUT2D eigenvalue weighted by molar-refractivity contribution is 5.91. The first-order valence-corrected chi connectivity index (χ1v) is 7.08. The highest BCUT2D eigenvalue weighted by Crippen LogP contribution is 2.20. The second kappa shape index (κ2) is 6.88. The lowest BCUT2D eigenvalue weighted by molar-refractivity contribution is -0.123. The van der Waals surface area contributed by atoms with Gasteiger partial charge in [-0.1, -0.05) is 5.16 Å². The molecule has 0 bridgehead atoms. The summed E-state index contributed by atoms with van der Waals surface area (Å²) >= 11 is 0. The van der Waals surface area contributed by atoms with Gasteiger partial charge in [0.15, 0.2) is 5.82 Å². The molecule has 7 nitrogen and oxygen atoms in total. The standard InChI is InChI=1S/C13H17F3N4O3/c1-8-6-10(19-23-8)18-11(21)9-2-4-20(5-3-9)12(22)17-7-13(14,15)16/h6,9H,2-5,7H2,1H3,(H,17,22)(H,18,19,21). The largest absolute Gasteiger partial charge is 0.405 e. The number of alkyl halides is 3. The zero-order valence-electron chi connectivity index (χ0n) is 12.4. The van der Waals surface area contributed by atoms with Crippen LogP contribution in [0.4, 0.5) is 23.8 Å². The summed E-state index contributed by atoms with van der Waals surface area (Å²) in [6.07, 6.45) is -3.69. The van der Waals surface area contributed by atoms with Crippen molar-refractivity contribution in [1.82, 2.24) is 15.4 Å². The predicted octanol–water partition coefficient (Wildman–Crippen LogP) is 1.91. The van der Waals surface area contributed by atoms with Crippen LogP contribution in [-0.4, -0.2) is 47.8 Å². The molecule has 1 aliphatic rings. The van der Waals surface area contributed by atoms with Crippen LogP contribution >= 0.6 is 0 Å². The number of likely N-dealkylation sites (tertiary alicyclic amines) is 1. The van der Waals surface area contributed by atoms with Gasteiger partial charge in [0.2, 0.25) is 5.91 Å². The fraction of sp³-hybridized carbons (Fsp3) is 0.615. The van der Waals surface area contributed by atoms with E-state index in [2.05, 4.69) is 10.5 Å². The van der Waals surface area contributed by atoms with E-state index in [9.17, 15) is 22.8 Å². The maximum Gasteiger partial charge on any atom is 0.405 e. The van der Waals surface area contributed by atoms with Crippen molar-refractivity contribution in [2.45, 2.75) is 25.9 Å². The second-order valence-electron chi connectivity index (χ2n) is 5.35. The monoisotopic (exact) mass is 334 g/mol. The molecule has 0 radical (unpaired) electrons. The van der Waals surface area contributed by atoms with Crippen LogP contribution < -0.4 is 10.6 Å². The van der Waals surface area contributed by atoms with Gasteiger partial charge in [0, 0.05) is 25.1 Å². The van der Waals surface area contributed by atoms with Gasteiger partial charge in [-0.05, 0) is 19.8 Å². The maximum atomic E-state index is 12.1. The first-order valence-electron chi connectivity index (χ1n) is 7.08. The van der Waals surface area contributed by atoms with Crippen molar-refractivity contribution in [2.75, 3.05) is 25.0 Å². The fourth-order valence-corrected chi connectivity index (χ4v) is 2.29. The Hall–Kier alpha value is -2.26. The molecule has 3 amide bonds. The Balaban J connectivity index is 1.77. The third kappa shape index (κ3) is 5.15. The average Bonchev–Trinajstić information content (AvgIpc) is 2.89. The van der Waals surface area contributed by atoms with Gasteiger partial charge >= 0.3 is 12.2 Å². The van der Waals surface area contributed by atoms with Crippen LogP contribution in [0.15, 0.2) is 10.6 Å². The number of piperidine rings is 1. The van der Waals surface area contributed by atoms with Crippen molar-refractivity contribution in [3.8, 4) is 0 Å². The first kappa shape index (κ1) is 17.1. The van der Waals surface area contributed by atoms with Crippen LogP contribution in [0, 0.1) is 12.8 Å². The zero-order valence-corrected chi connectivity index (χ0v) is 12.4. The molecule has 2 heterocycles. The number of hydrogen-bond acceptors (Lipinski definition) is 4. The number of aryl methyl sites for hydroxylation is 1. The number of amides is 3. The molecule has 23 heavy (non-hydrogen) atoms. The molecule has 2 N–H and O–H groups in total. The lowest BCUT2D eigenvalue weighted by atomic mass is 9.96. The third-order valence-electron chi connectivity index (χ3n) is 3.47. The first-order chi connectivity index (χ1) is 10.7. The van der Waals surface area contributed by atoms with E-state index in [-0.39, 0.29) is 24.9 Å². The highest BCUT2D eigenvalue weighted by atomic mass is 19.4. The lowest BCUT2D eigenvalue weighted by Crippen LogP contribution is -2.48. The minimum Gasteiger partial charge on any atom is -0.360 e. The lowest BCUT2D eigenvalue weighted by Gasteiger charge is -2.31. The molecule has 2 rings (SSSR count). The third-order valence-corrected chi connectivity index (χ3v) is 3.47. The van der Waals surface area contributed by atoms with Gasteiger partial charge in [-0.2, -0.15) is 13.2 Å². The molecule has 1 saturated heterocycles. The van der Waals surface area contributed by atoms with Crippen molar-refractivity contribution < 1.29 is 27.3 Å². The summed E-state index contributed by atoms with van der Waals surface area (Å²) in [6.45, 7) is 0.775. The van der Waals surface area contributed by atoms with E-state index in [1.807, 2.05) is 5.32 Å². The van der Waals surface area contributed by atoms with Gasteiger partial charge in [-0.15, -0.1) is 0 Å². The highest BCUT2D eigenvalue weighted by Gasteiger charge is 2.31. The molecule has 1 aromatic heterocycles.